The first kappa shape index (κ1) is 25.0. The Hall–Kier alpha value is -3.03. The molecule has 206 valence electrons. The van der Waals surface area contributed by atoms with Crippen molar-refractivity contribution in [1.29, 1.82) is 0 Å². The zero-order valence-electron chi connectivity index (χ0n) is 22.8. The number of aliphatic hydroxyl groups is 1. The molecule has 0 radical (unpaired) electrons. The van der Waals surface area contributed by atoms with E-state index in [1.807, 2.05) is 50.4 Å². The first-order valence-corrected chi connectivity index (χ1v) is 14.5. The zero-order chi connectivity index (χ0) is 26.9. The standard InChI is InChI=1S/C32H38N2O5/c1-3-38-23-6-4-5-20(17-23)9-12-27(36)33(2)24-13-14-32(37)26-18-22-10-11-25(35)29-28(22)31(32,30(24)39-29)15-16-34(26)19-21-7-8-21/h4-6,9-12,17,21,24,26,30,35,37H,3,7-8,13-16,18-19H2,1-2H3/b12-9+/t24?,26-,30?,31+,32-/m1/s1. The molecule has 7 heteroatoms. The molecular weight excluding hydrogens is 492 g/mol. The van der Waals surface area contributed by atoms with Gasteiger partial charge >= 0.3 is 0 Å². The van der Waals surface area contributed by atoms with Gasteiger partial charge in [-0.15, -0.1) is 0 Å². The Morgan fingerprint density at radius 1 is 1.23 bits per heavy atom. The molecule has 3 fully saturated rings. The summed E-state index contributed by atoms with van der Waals surface area (Å²) in [7, 11) is 1.84. The highest BCUT2D eigenvalue weighted by Crippen LogP contribution is 2.66. The van der Waals surface area contributed by atoms with Gasteiger partial charge in [-0.25, -0.2) is 0 Å². The molecule has 2 bridgehead atoms. The minimum Gasteiger partial charge on any atom is -0.504 e. The molecule has 5 atom stereocenters. The van der Waals surface area contributed by atoms with Crippen LogP contribution in [0.4, 0.5) is 0 Å². The average molecular weight is 531 g/mol. The molecule has 2 aliphatic heterocycles. The first-order chi connectivity index (χ1) is 18.9. The first-order valence-electron chi connectivity index (χ1n) is 14.5. The fraction of sp³-hybridized carbons (Fsp3) is 0.531. The van der Waals surface area contributed by atoms with Crippen molar-refractivity contribution in [2.24, 2.45) is 5.92 Å². The highest BCUT2D eigenvalue weighted by atomic mass is 16.5. The van der Waals surface area contributed by atoms with E-state index in [1.165, 1.54) is 18.4 Å². The molecular formula is C32H38N2O5. The van der Waals surface area contributed by atoms with Gasteiger partial charge in [-0.3, -0.25) is 9.69 Å². The number of likely N-dealkylation sites (tertiary alicyclic amines) is 1. The second-order valence-electron chi connectivity index (χ2n) is 12.2. The molecule has 0 aromatic heterocycles. The van der Waals surface area contributed by atoms with E-state index in [2.05, 4.69) is 4.90 Å². The quantitative estimate of drug-likeness (QED) is 0.529. The average Bonchev–Trinajstić information content (AvgIpc) is 3.67. The van der Waals surface area contributed by atoms with Crippen LogP contribution in [0.15, 0.2) is 42.5 Å². The van der Waals surface area contributed by atoms with Crippen LogP contribution in [-0.2, 0) is 16.6 Å². The van der Waals surface area contributed by atoms with Crippen molar-refractivity contribution in [3.05, 3.63) is 59.2 Å². The third kappa shape index (κ3) is 3.66. The van der Waals surface area contributed by atoms with Crippen LogP contribution in [0.25, 0.3) is 6.08 Å². The van der Waals surface area contributed by atoms with Crippen LogP contribution < -0.4 is 9.47 Å². The SMILES string of the molecule is CCOc1cccc(/C=C/C(=O)N(C)C2CC[C@@]3(O)[C@H]4Cc5ccc(O)c6c5[C@@]3(CCN4CC3CC3)C2O6)c1. The topological polar surface area (TPSA) is 82.5 Å². The smallest absolute Gasteiger partial charge is 0.246 e. The van der Waals surface area contributed by atoms with Crippen molar-refractivity contribution in [3.8, 4) is 17.2 Å². The maximum atomic E-state index is 13.5. The van der Waals surface area contributed by atoms with Crippen LogP contribution >= 0.6 is 0 Å². The number of amides is 1. The molecule has 2 heterocycles. The molecule has 2 unspecified atom stereocenters. The summed E-state index contributed by atoms with van der Waals surface area (Å²) in [6.07, 6.45) is 8.37. The van der Waals surface area contributed by atoms with Crippen molar-refractivity contribution in [3.63, 3.8) is 0 Å². The summed E-state index contributed by atoms with van der Waals surface area (Å²) in [5, 5.41) is 23.5. The molecule has 1 spiro atoms. The number of benzene rings is 2. The second kappa shape index (κ2) is 9.00. The third-order valence-electron chi connectivity index (χ3n) is 10.2. The van der Waals surface area contributed by atoms with Crippen molar-refractivity contribution < 1.29 is 24.5 Å². The fourth-order valence-corrected chi connectivity index (χ4v) is 8.18. The number of piperidine rings is 1. The summed E-state index contributed by atoms with van der Waals surface area (Å²) in [4.78, 5) is 17.8. The summed E-state index contributed by atoms with van der Waals surface area (Å²) in [6, 6.07) is 11.3. The summed E-state index contributed by atoms with van der Waals surface area (Å²) >= 11 is 0. The van der Waals surface area contributed by atoms with Gasteiger partial charge in [0.1, 0.15) is 11.9 Å². The summed E-state index contributed by atoms with van der Waals surface area (Å²) in [6.45, 7) is 4.48. The number of likely N-dealkylation sites (N-methyl/N-ethyl adjacent to an activating group) is 1. The predicted molar refractivity (Wildman–Crippen MR) is 148 cm³/mol. The minimum atomic E-state index is -0.952. The van der Waals surface area contributed by atoms with Gasteiger partial charge in [-0.2, -0.15) is 0 Å². The monoisotopic (exact) mass is 530 g/mol. The Kier molecular flexibility index (Phi) is 5.76. The molecule has 2 aromatic rings. The Bertz CT molecular complexity index is 1340. The number of carbonyl (C=O) groups excluding carboxylic acids is 1. The highest BCUT2D eigenvalue weighted by molar-refractivity contribution is 5.92. The van der Waals surface area contributed by atoms with Crippen LogP contribution in [0.3, 0.4) is 0 Å². The summed E-state index contributed by atoms with van der Waals surface area (Å²) < 4.78 is 12.2. The second-order valence-corrected chi connectivity index (χ2v) is 12.2. The van der Waals surface area contributed by atoms with Gasteiger partial charge in [0, 0.05) is 31.3 Å². The van der Waals surface area contributed by atoms with Crippen molar-refractivity contribution in [2.45, 2.75) is 74.7 Å². The maximum Gasteiger partial charge on any atom is 0.246 e. The molecule has 39 heavy (non-hydrogen) atoms. The van der Waals surface area contributed by atoms with E-state index in [0.717, 1.165) is 48.7 Å². The number of phenols is 1. The fourth-order valence-electron chi connectivity index (χ4n) is 8.18. The number of hydrogen-bond acceptors (Lipinski definition) is 6. The molecule has 2 saturated carbocycles. The number of nitrogens with zero attached hydrogens (tertiary/aromatic N) is 2. The van der Waals surface area contributed by atoms with Crippen molar-refractivity contribution >= 4 is 12.0 Å². The third-order valence-corrected chi connectivity index (χ3v) is 10.2. The van der Waals surface area contributed by atoms with Gasteiger partial charge in [0.25, 0.3) is 0 Å². The van der Waals surface area contributed by atoms with E-state index in [0.29, 0.717) is 25.2 Å². The predicted octanol–water partition coefficient (Wildman–Crippen LogP) is 3.90. The van der Waals surface area contributed by atoms with Crippen molar-refractivity contribution in [2.75, 3.05) is 26.7 Å². The molecule has 2 N–H and O–H groups in total. The van der Waals surface area contributed by atoms with E-state index in [4.69, 9.17) is 9.47 Å². The highest BCUT2D eigenvalue weighted by Gasteiger charge is 2.73. The van der Waals surface area contributed by atoms with Crippen LogP contribution in [0.1, 0.15) is 55.7 Å². The van der Waals surface area contributed by atoms with Gasteiger partial charge in [-0.1, -0.05) is 18.2 Å². The van der Waals surface area contributed by atoms with E-state index < -0.39 is 17.1 Å². The molecule has 1 amide bonds. The van der Waals surface area contributed by atoms with Gasteiger partial charge < -0.3 is 24.6 Å². The Balaban J connectivity index is 1.21. The number of phenolic OH excluding ortho intramolecular Hbond substituents is 1. The maximum absolute atomic E-state index is 13.5. The van der Waals surface area contributed by atoms with E-state index in [9.17, 15) is 15.0 Å². The Morgan fingerprint density at radius 3 is 2.87 bits per heavy atom. The van der Waals surface area contributed by atoms with Gasteiger partial charge in [-0.05, 0) is 93.3 Å². The molecule has 5 aliphatic rings. The van der Waals surface area contributed by atoms with E-state index >= 15 is 0 Å². The Labute approximate surface area is 230 Å². The van der Waals surface area contributed by atoms with Gasteiger partial charge in [0.05, 0.1) is 23.7 Å². The number of rotatable bonds is 7. The van der Waals surface area contributed by atoms with Gasteiger partial charge in [0.15, 0.2) is 11.5 Å². The molecule has 2 aromatic carbocycles. The molecule has 1 saturated heterocycles. The van der Waals surface area contributed by atoms with Crippen molar-refractivity contribution in [1.82, 2.24) is 9.80 Å². The summed E-state index contributed by atoms with van der Waals surface area (Å²) in [5.74, 6) is 2.06. The van der Waals surface area contributed by atoms with Crippen LogP contribution in [0, 0.1) is 5.92 Å². The molecule has 7 nitrogen and oxygen atoms in total. The lowest BCUT2D eigenvalue weighted by Crippen LogP contribution is -2.78. The number of aromatic hydroxyl groups is 1. The van der Waals surface area contributed by atoms with E-state index in [1.54, 1.807) is 17.0 Å². The lowest BCUT2D eigenvalue weighted by atomic mass is 9.48. The number of carbonyl (C=O) groups is 1. The van der Waals surface area contributed by atoms with E-state index in [-0.39, 0.29) is 23.7 Å². The number of hydrogen-bond donors (Lipinski definition) is 2. The van der Waals surface area contributed by atoms with Crippen LogP contribution in [-0.4, -0.2) is 76.5 Å². The lowest BCUT2D eigenvalue weighted by Gasteiger charge is -2.64. The molecule has 7 rings (SSSR count). The van der Waals surface area contributed by atoms with Gasteiger partial charge in [0.2, 0.25) is 5.91 Å². The lowest BCUT2D eigenvalue weighted by molar-refractivity contribution is -0.200. The minimum absolute atomic E-state index is 0.0282. The van der Waals surface area contributed by atoms with Crippen LogP contribution in [0.2, 0.25) is 0 Å². The van der Waals surface area contributed by atoms with Crippen LogP contribution in [0.5, 0.6) is 17.2 Å². The Morgan fingerprint density at radius 2 is 2.08 bits per heavy atom. The summed E-state index contributed by atoms with van der Waals surface area (Å²) in [5.41, 5.74) is 1.48. The normalized spacial score (nSPS) is 32.5. The largest absolute Gasteiger partial charge is 0.504 e. The number of ether oxygens (including phenoxy) is 2. The molecule has 3 aliphatic carbocycles. The zero-order valence-corrected chi connectivity index (χ0v) is 22.8.